The van der Waals surface area contributed by atoms with Crippen molar-refractivity contribution in [2.24, 2.45) is 11.8 Å². The summed E-state index contributed by atoms with van der Waals surface area (Å²) >= 11 is 0. The molecule has 30 heavy (non-hydrogen) atoms. The summed E-state index contributed by atoms with van der Waals surface area (Å²) in [6.07, 6.45) is 1.49. The number of ether oxygens (including phenoxy) is 1. The Hall–Kier alpha value is -2.79. The van der Waals surface area contributed by atoms with Gasteiger partial charge in [0, 0.05) is 19.6 Å². The van der Waals surface area contributed by atoms with Gasteiger partial charge in [0.2, 0.25) is 5.43 Å². The molecule has 1 N–H and O–H groups in total. The molecular weight excluding hydrogens is 378 g/mol. The third kappa shape index (κ3) is 4.85. The molecule has 3 aromatic rings. The number of hydrogen-bond acceptors (Lipinski definition) is 5. The highest BCUT2D eigenvalue weighted by Crippen LogP contribution is 2.30. The lowest BCUT2D eigenvalue weighted by molar-refractivity contribution is 0.209. The first-order chi connectivity index (χ1) is 14.3. The number of methoxy groups -OCH3 is 1. The molecule has 0 aliphatic rings. The van der Waals surface area contributed by atoms with Crippen molar-refractivity contribution in [1.29, 1.82) is 0 Å². The van der Waals surface area contributed by atoms with E-state index >= 15 is 0 Å². The molecule has 0 bridgehead atoms. The van der Waals surface area contributed by atoms with Gasteiger partial charge in [-0.25, -0.2) is 0 Å². The summed E-state index contributed by atoms with van der Waals surface area (Å²) in [6.45, 7) is 11.1. The molecule has 0 fully saturated rings. The van der Waals surface area contributed by atoms with Crippen LogP contribution in [0.15, 0.2) is 51.9 Å². The molecular formula is C25H31NO4. The van der Waals surface area contributed by atoms with Crippen LogP contribution in [0.25, 0.3) is 22.1 Å². The fourth-order valence-electron chi connectivity index (χ4n) is 3.83. The predicted octanol–water partition coefficient (Wildman–Crippen LogP) is 5.29. The van der Waals surface area contributed by atoms with Gasteiger partial charge in [0.1, 0.15) is 23.3 Å². The van der Waals surface area contributed by atoms with Crippen LogP contribution in [0.1, 0.15) is 33.3 Å². The SMILES string of the molecule is COc1ccc(-c2coc3c(CN(CC(C)C)CC(C)C)c(O)ccc3c2=O)cc1. The predicted molar refractivity (Wildman–Crippen MR) is 121 cm³/mol. The van der Waals surface area contributed by atoms with E-state index in [1.165, 1.54) is 6.26 Å². The number of phenols is 1. The lowest BCUT2D eigenvalue weighted by Crippen LogP contribution is -2.31. The standard InChI is InChI=1S/C25H31NO4/c1-16(2)12-26(13-17(3)4)14-21-23(27)11-10-20-24(28)22(15-30-25(20)21)18-6-8-19(29-5)9-7-18/h6-11,15-17,27H,12-14H2,1-5H3. The van der Waals surface area contributed by atoms with Crippen molar-refractivity contribution in [1.82, 2.24) is 4.90 Å². The molecule has 0 aliphatic heterocycles. The van der Waals surface area contributed by atoms with E-state index in [2.05, 4.69) is 32.6 Å². The molecule has 0 spiro atoms. The van der Waals surface area contributed by atoms with E-state index < -0.39 is 0 Å². The molecule has 0 amide bonds. The third-order valence-electron chi connectivity index (χ3n) is 5.05. The average molecular weight is 410 g/mol. The molecule has 0 saturated carbocycles. The minimum atomic E-state index is -0.109. The Morgan fingerprint density at radius 2 is 1.63 bits per heavy atom. The van der Waals surface area contributed by atoms with Crippen LogP contribution in [-0.2, 0) is 6.54 Å². The quantitative estimate of drug-likeness (QED) is 0.548. The van der Waals surface area contributed by atoms with E-state index in [1.807, 2.05) is 24.3 Å². The maximum absolute atomic E-state index is 13.2. The van der Waals surface area contributed by atoms with Gasteiger partial charge < -0.3 is 14.3 Å². The van der Waals surface area contributed by atoms with Gasteiger partial charge in [-0.1, -0.05) is 39.8 Å². The van der Waals surface area contributed by atoms with Gasteiger partial charge in [-0.2, -0.15) is 0 Å². The topological polar surface area (TPSA) is 62.9 Å². The zero-order valence-corrected chi connectivity index (χ0v) is 18.4. The normalized spacial score (nSPS) is 11.7. The van der Waals surface area contributed by atoms with Crippen molar-refractivity contribution in [3.63, 3.8) is 0 Å². The molecule has 5 heteroatoms. The molecule has 2 aromatic carbocycles. The Morgan fingerprint density at radius 1 is 1.00 bits per heavy atom. The summed E-state index contributed by atoms with van der Waals surface area (Å²) in [5.74, 6) is 1.87. The molecule has 5 nitrogen and oxygen atoms in total. The van der Waals surface area contributed by atoms with Gasteiger partial charge in [0.25, 0.3) is 0 Å². The van der Waals surface area contributed by atoms with Gasteiger partial charge in [-0.3, -0.25) is 9.69 Å². The minimum Gasteiger partial charge on any atom is -0.507 e. The molecule has 0 unspecified atom stereocenters. The van der Waals surface area contributed by atoms with E-state index in [-0.39, 0.29) is 11.2 Å². The van der Waals surface area contributed by atoms with E-state index in [1.54, 1.807) is 19.2 Å². The smallest absolute Gasteiger partial charge is 0.200 e. The van der Waals surface area contributed by atoms with Gasteiger partial charge >= 0.3 is 0 Å². The number of hydrogen-bond donors (Lipinski definition) is 1. The number of fused-ring (bicyclic) bond motifs is 1. The second-order valence-electron chi connectivity index (χ2n) is 8.63. The first-order valence-electron chi connectivity index (χ1n) is 10.4. The van der Waals surface area contributed by atoms with Crippen molar-refractivity contribution in [2.75, 3.05) is 20.2 Å². The fourth-order valence-corrected chi connectivity index (χ4v) is 3.83. The Labute approximate surface area is 177 Å². The Balaban J connectivity index is 2.04. The second-order valence-corrected chi connectivity index (χ2v) is 8.63. The summed E-state index contributed by atoms with van der Waals surface area (Å²) in [6, 6.07) is 10.5. The van der Waals surface area contributed by atoms with Crippen LogP contribution in [-0.4, -0.2) is 30.2 Å². The van der Waals surface area contributed by atoms with Crippen LogP contribution in [0, 0.1) is 11.8 Å². The second kappa shape index (κ2) is 9.35. The lowest BCUT2D eigenvalue weighted by atomic mass is 10.0. The number of phenolic OH excluding ortho intramolecular Hbond substituents is 1. The molecule has 3 rings (SSSR count). The number of rotatable bonds is 8. The van der Waals surface area contributed by atoms with Crippen molar-refractivity contribution in [2.45, 2.75) is 34.2 Å². The Morgan fingerprint density at radius 3 is 2.20 bits per heavy atom. The van der Waals surface area contributed by atoms with E-state index in [0.29, 0.717) is 40.5 Å². The van der Waals surface area contributed by atoms with Crippen LogP contribution in [0.4, 0.5) is 0 Å². The molecule has 160 valence electrons. The molecule has 0 saturated heterocycles. The number of benzene rings is 2. The first kappa shape index (κ1) is 21.9. The molecule has 1 aromatic heterocycles. The summed E-state index contributed by atoms with van der Waals surface area (Å²) < 4.78 is 11.1. The molecule has 1 heterocycles. The number of nitrogens with zero attached hydrogens (tertiary/aromatic N) is 1. The van der Waals surface area contributed by atoms with Crippen molar-refractivity contribution >= 4 is 11.0 Å². The number of aromatic hydroxyl groups is 1. The lowest BCUT2D eigenvalue weighted by Gasteiger charge is -2.26. The molecule has 0 radical (unpaired) electrons. The van der Waals surface area contributed by atoms with E-state index in [0.717, 1.165) is 24.4 Å². The minimum absolute atomic E-state index is 0.109. The fraction of sp³-hybridized carbons (Fsp3) is 0.400. The summed E-state index contributed by atoms with van der Waals surface area (Å²) in [7, 11) is 1.61. The maximum atomic E-state index is 13.2. The zero-order valence-electron chi connectivity index (χ0n) is 18.4. The maximum Gasteiger partial charge on any atom is 0.200 e. The monoisotopic (exact) mass is 409 g/mol. The van der Waals surface area contributed by atoms with Crippen LogP contribution >= 0.6 is 0 Å². The van der Waals surface area contributed by atoms with Crippen molar-refractivity contribution in [3.8, 4) is 22.6 Å². The summed E-state index contributed by atoms with van der Waals surface area (Å²) in [4.78, 5) is 15.5. The van der Waals surface area contributed by atoms with E-state index in [9.17, 15) is 9.90 Å². The van der Waals surface area contributed by atoms with Crippen molar-refractivity contribution in [3.05, 3.63) is 58.4 Å². The van der Waals surface area contributed by atoms with Gasteiger partial charge in [0.15, 0.2) is 0 Å². The Kier molecular flexibility index (Phi) is 6.83. The van der Waals surface area contributed by atoms with Crippen LogP contribution in [0.3, 0.4) is 0 Å². The first-order valence-corrected chi connectivity index (χ1v) is 10.4. The largest absolute Gasteiger partial charge is 0.507 e. The Bertz CT molecular complexity index is 1040. The molecule has 0 aliphatic carbocycles. The van der Waals surface area contributed by atoms with Crippen LogP contribution < -0.4 is 10.2 Å². The van der Waals surface area contributed by atoms with Crippen LogP contribution in [0.5, 0.6) is 11.5 Å². The summed E-state index contributed by atoms with van der Waals surface area (Å²) in [5.41, 5.74) is 2.26. The highest BCUT2D eigenvalue weighted by Gasteiger charge is 2.19. The average Bonchev–Trinajstić information content (AvgIpc) is 2.69. The third-order valence-corrected chi connectivity index (χ3v) is 5.05. The van der Waals surface area contributed by atoms with Gasteiger partial charge in [-0.05, 0) is 41.7 Å². The molecule has 0 atom stereocenters. The van der Waals surface area contributed by atoms with Gasteiger partial charge in [-0.15, -0.1) is 0 Å². The highest BCUT2D eigenvalue weighted by molar-refractivity contribution is 5.85. The van der Waals surface area contributed by atoms with E-state index in [4.69, 9.17) is 9.15 Å². The van der Waals surface area contributed by atoms with Gasteiger partial charge in [0.05, 0.1) is 23.6 Å². The summed E-state index contributed by atoms with van der Waals surface area (Å²) in [5, 5.41) is 11.0. The zero-order chi connectivity index (χ0) is 21.8. The van der Waals surface area contributed by atoms with Crippen LogP contribution in [0.2, 0.25) is 0 Å². The van der Waals surface area contributed by atoms with Crippen molar-refractivity contribution < 1.29 is 14.3 Å². The highest BCUT2D eigenvalue weighted by atomic mass is 16.5.